The zero-order valence-electron chi connectivity index (χ0n) is 8.91. The number of rotatable bonds is 3. The van der Waals surface area contributed by atoms with Gasteiger partial charge < -0.3 is 4.74 Å². The second-order valence-electron chi connectivity index (χ2n) is 3.45. The van der Waals surface area contributed by atoms with Gasteiger partial charge in [0.15, 0.2) is 12.4 Å². The molecule has 2 N–H and O–H groups in total. The molecule has 0 saturated heterocycles. The number of hydrogen-bond acceptors (Lipinski definition) is 3. The lowest BCUT2D eigenvalue weighted by Crippen LogP contribution is -2.19. The van der Waals surface area contributed by atoms with Crippen molar-refractivity contribution in [2.24, 2.45) is 0 Å². The van der Waals surface area contributed by atoms with Crippen molar-refractivity contribution in [2.45, 2.75) is 6.18 Å². The molecule has 0 fully saturated rings. The quantitative estimate of drug-likeness (QED) is 0.881. The van der Waals surface area contributed by atoms with E-state index in [2.05, 4.69) is 19.9 Å². The summed E-state index contributed by atoms with van der Waals surface area (Å²) in [6, 6.07) is 5.73. The van der Waals surface area contributed by atoms with Gasteiger partial charge in [-0.05, 0) is 24.3 Å². The number of nitrogens with one attached hydrogen (secondary N) is 2. The zero-order valence-corrected chi connectivity index (χ0v) is 8.91. The molecule has 0 aliphatic heterocycles. The third-order valence-electron chi connectivity index (χ3n) is 2.03. The number of aromatic nitrogens is 3. The number of halogens is 3. The summed E-state index contributed by atoms with van der Waals surface area (Å²) in [7, 11) is 0. The maximum absolute atomic E-state index is 11.9. The Hall–Kier alpha value is -2.25. The second-order valence-corrected chi connectivity index (χ2v) is 3.45. The number of alkyl halides is 3. The molecular weight excluding hydrogens is 251 g/mol. The molecule has 1 aromatic heterocycles. The highest BCUT2D eigenvalue weighted by Crippen LogP contribution is 2.21. The lowest BCUT2D eigenvalue weighted by Gasteiger charge is -2.08. The van der Waals surface area contributed by atoms with Crippen LogP contribution < -0.4 is 10.4 Å². The maximum Gasteiger partial charge on any atom is 0.422 e. The Labute approximate surface area is 98.6 Å². The molecule has 2 aromatic rings. The molecule has 0 saturated carbocycles. The van der Waals surface area contributed by atoms with Crippen LogP contribution in [0, 0.1) is 0 Å². The lowest BCUT2D eigenvalue weighted by molar-refractivity contribution is -0.153. The van der Waals surface area contributed by atoms with Crippen molar-refractivity contribution in [3.63, 3.8) is 0 Å². The molecule has 0 aliphatic rings. The van der Waals surface area contributed by atoms with E-state index in [0.717, 1.165) is 0 Å². The minimum atomic E-state index is -4.37. The summed E-state index contributed by atoms with van der Waals surface area (Å²) < 4.78 is 40.3. The minimum Gasteiger partial charge on any atom is -0.484 e. The Morgan fingerprint density at radius 3 is 2.39 bits per heavy atom. The second kappa shape index (κ2) is 4.55. The van der Waals surface area contributed by atoms with Crippen LogP contribution in [0.15, 0.2) is 29.1 Å². The van der Waals surface area contributed by atoms with E-state index in [4.69, 9.17) is 0 Å². The monoisotopic (exact) mass is 259 g/mol. The summed E-state index contributed by atoms with van der Waals surface area (Å²) in [5.74, 6) is 0.399. The van der Waals surface area contributed by atoms with Crippen LogP contribution >= 0.6 is 0 Å². The maximum atomic E-state index is 11.9. The summed E-state index contributed by atoms with van der Waals surface area (Å²) in [6.45, 7) is -1.34. The van der Waals surface area contributed by atoms with E-state index in [9.17, 15) is 18.0 Å². The lowest BCUT2D eigenvalue weighted by atomic mass is 10.2. The van der Waals surface area contributed by atoms with Gasteiger partial charge in [-0.2, -0.15) is 18.3 Å². The third-order valence-corrected chi connectivity index (χ3v) is 2.03. The Morgan fingerprint density at radius 2 is 1.89 bits per heavy atom. The highest BCUT2D eigenvalue weighted by molar-refractivity contribution is 5.55. The first-order valence-corrected chi connectivity index (χ1v) is 4.89. The van der Waals surface area contributed by atoms with Gasteiger partial charge in [-0.15, -0.1) is 0 Å². The fourth-order valence-electron chi connectivity index (χ4n) is 1.28. The van der Waals surface area contributed by atoms with E-state index in [1.54, 1.807) is 0 Å². The van der Waals surface area contributed by atoms with Gasteiger partial charge in [0, 0.05) is 5.56 Å². The molecule has 5 nitrogen and oxygen atoms in total. The van der Waals surface area contributed by atoms with Crippen LogP contribution in [0.25, 0.3) is 11.4 Å². The summed E-state index contributed by atoms with van der Waals surface area (Å²) in [6.07, 6.45) is -4.37. The SMILES string of the molecule is O=c1[nH]nc(-c2ccc(OCC(F)(F)F)cc2)[nH]1. The molecule has 0 aliphatic carbocycles. The Balaban J connectivity index is 2.08. The highest BCUT2D eigenvalue weighted by Gasteiger charge is 2.28. The first-order valence-electron chi connectivity index (χ1n) is 4.89. The predicted molar refractivity (Wildman–Crippen MR) is 56.2 cm³/mol. The summed E-state index contributed by atoms with van der Waals surface area (Å²) in [5.41, 5.74) is 0.107. The van der Waals surface area contributed by atoms with Gasteiger partial charge in [0.25, 0.3) is 0 Å². The van der Waals surface area contributed by atoms with Crippen LogP contribution in [0.5, 0.6) is 5.75 Å². The first-order chi connectivity index (χ1) is 8.44. The van der Waals surface area contributed by atoms with Crippen LogP contribution in [0.2, 0.25) is 0 Å². The van der Waals surface area contributed by atoms with E-state index in [-0.39, 0.29) is 5.75 Å². The molecular formula is C10H8F3N3O2. The molecule has 2 rings (SSSR count). The van der Waals surface area contributed by atoms with E-state index >= 15 is 0 Å². The van der Waals surface area contributed by atoms with E-state index in [1.165, 1.54) is 24.3 Å². The molecule has 0 radical (unpaired) electrons. The standard InChI is InChI=1S/C10H8F3N3O2/c11-10(12,13)5-18-7-3-1-6(2-4-7)8-14-9(17)16-15-8/h1-4H,5H2,(H2,14,15,16,17). The zero-order chi connectivity index (χ0) is 13.2. The molecule has 0 unspecified atom stereocenters. The molecule has 1 aromatic carbocycles. The number of H-pyrrole nitrogens is 2. The average Bonchev–Trinajstić information content (AvgIpc) is 2.73. The van der Waals surface area contributed by atoms with Gasteiger partial charge in [0.1, 0.15) is 5.75 Å². The number of benzene rings is 1. The fraction of sp³-hybridized carbons (Fsp3) is 0.200. The van der Waals surface area contributed by atoms with Crippen molar-refractivity contribution < 1.29 is 17.9 Å². The van der Waals surface area contributed by atoms with Gasteiger partial charge in [0.2, 0.25) is 0 Å². The van der Waals surface area contributed by atoms with E-state index < -0.39 is 18.5 Å². The smallest absolute Gasteiger partial charge is 0.422 e. The molecule has 0 spiro atoms. The topological polar surface area (TPSA) is 70.8 Å². The van der Waals surface area contributed by atoms with Crippen LogP contribution in [0.4, 0.5) is 13.2 Å². The fourth-order valence-corrected chi connectivity index (χ4v) is 1.28. The van der Waals surface area contributed by atoms with Crippen molar-refractivity contribution in [3.05, 3.63) is 34.7 Å². The average molecular weight is 259 g/mol. The van der Waals surface area contributed by atoms with Crippen molar-refractivity contribution in [1.82, 2.24) is 15.2 Å². The Morgan fingerprint density at radius 1 is 1.22 bits per heavy atom. The number of ether oxygens (including phenoxy) is 1. The Kier molecular flexibility index (Phi) is 3.09. The third kappa shape index (κ3) is 3.12. The van der Waals surface area contributed by atoms with Crippen molar-refractivity contribution in [2.75, 3.05) is 6.61 Å². The predicted octanol–water partition coefficient (Wildman–Crippen LogP) is 1.71. The summed E-state index contributed by atoms with van der Waals surface area (Å²) in [4.78, 5) is 13.2. The van der Waals surface area contributed by atoms with Crippen molar-refractivity contribution in [3.8, 4) is 17.1 Å². The molecule has 0 bridgehead atoms. The van der Waals surface area contributed by atoms with Crippen LogP contribution in [0.3, 0.4) is 0 Å². The van der Waals surface area contributed by atoms with Crippen molar-refractivity contribution in [1.29, 1.82) is 0 Å². The van der Waals surface area contributed by atoms with Gasteiger partial charge in [-0.25, -0.2) is 9.89 Å². The number of nitrogens with zero attached hydrogens (tertiary/aromatic N) is 1. The normalized spacial score (nSPS) is 11.5. The van der Waals surface area contributed by atoms with Crippen molar-refractivity contribution >= 4 is 0 Å². The van der Waals surface area contributed by atoms with Gasteiger partial charge >= 0.3 is 11.9 Å². The van der Waals surface area contributed by atoms with Crippen LogP contribution in [-0.2, 0) is 0 Å². The molecule has 96 valence electrons. The molecule has 18 heavy (non-hydrogen) atoms. The first kappa shape index (κ1) is 12.2. The molecule has 8 heteroatoms. The number of hydrogen-bond donors (Lipinski definition) is 2. The van der Waals surface area contributed by atoms with Gasteiger partial charge in [-0.3, -0.25) is 4.98 Å². The van der Waals surface area contributed by atoms with Crippen LogP contribution in [-0.4, -0.2) is 28.0 Å². The largest absolute Gasteiger partial charge is 0.484 e. The van der Waals surface area contributed by atoms with E-state index in [0.29, 0.717) is 11.4 Å². The highest BCUT2D eigenvalue weighted by atomic mass is 19.4. The molecule has 0 atom stereocenters. The summed E-state index contributed by atoms with van der Waals surface area (Å²) >= 11 is 0. The number of aromatic amines is 2. The van der Waals surface area contributed by atoms with Crippen LogP contribution in [0.1, 0.15) is 0 Å². The van der Waals surface area contributed by atoms with Gasteiger partial charge in [0.05, 0.1) is 0 Å². The minimum absolute atomic E-state index is 0.0916. The molecule has 1 heterocycles. The molecule has 0 amide bonds. The van der Waals surface area contributed by atoms with E-state index in [1.807, 2.05) is 0 Å². The summed E-state index contributed by atoms with van der Waals surface area (Å²) in [5, 5.41) is 5.87. The Bertz CT molecular complexity index is 571. The van der Waals surface area contributed by atoms with Gasteiger partial charge in [-0.1, -0.05) is 0 Å².